The molecule has 1 aliphatic heterocycles. The normalized spacial score (nSPS) is 15.0. The molecule has 0 unspecified atom stereocenters. The van der Waals surface area contributed by atoms with Gasteiger partial charge < -0.3 is 4.90 Å². The van der Waals surface area contributed by atoms with Crippen molar-refractivity contribution in [2.45, 2.75) is 6.54 Å². The molecule has 0 aliphatic carbocycles. The Labute approximate surface area is 162 Å². The molecule has 0 spiro atoms. The number of hydrogen-bond acceptors (Lipinski definition) is 5. The van der Waals surface area contributed by atoms with Crippen LogP contribution in [0.5, 0.6) is 0 Å². The average Bonchev–Trinajstić information content (AvgIpc) is 2.72. The first-order valence-electron chi connectivity index (χ1n) is 9.31. The van der Waals surface area contributed by atoms with Crippen LogP contribution in [0.2, 0.25) is 0 Å². The molecule has 1 aromatic carbocycles. The highest BCUT2D eigenvalue weighted by atomic mass is 19.1. The van der Waals surface area contributed by atoms with Gasteiger partial charge in [0.15, 0.2) is 5.82 Å². The van der Waals surface area contributed by atoms with E-state index in [-0.39, 0.29) is 11.1 Å². The highest BCUT2D eigenvalue weighted by Crippen LogP contribution is 2.21. The highest BCUT2D eigenvalue weighted by Gasteiger charge is 2.21. The second kappa shape index (κ2) is 7.90. The Morgan fingerprint density at radius 1 is 1.07 bits per heavy atom. The van der Waals surface area contributed by atoms with E-state index in [0.29, 0.717) is 11.6 Å². The SMILES string of the molecule is Cn1c(N2CCN(Cc3ccccc3)CC2)nc(-c2ccncc2F)cc1=O. The monoisotopic (exact) mass is 379 g/mol. The van der Waals surface area contributed by atoms with Crippen molar-refractivity contribution < 1.29 is 4.39 Å². The molecule has 1 aliphatic rings. The van der Waals surface area contributed by atoms with E-state index in [1.54, 1.807) is 13.1 Å². The van der Waals surface area contributed by atoms with Gasteiger partial charge in [0.05, 0.1) is 11.9 Å². The van der Waals surface area contributed by atoms with Gasteiger partial charge in [-0.2, -0.15) is 0 Å². The molecule has 0 atom stereocenters. The van der Waals surface area contributed by atoms with Crippen molar-refractivity contribution in [1.29, 1.82) is 0 Å². The van der Waals surface area contributed by atoms with Crippen molar-refractivity contribution in [3.8, 4) is 11.3 Å². The Morgan fingerprint density at radius 3 is 2.54 bits per heavy atom. The fraction of sp³-hybridized carbons (Fsp3) is 0.286. The first kappa shape index (κ1) is 18.3. The minimum atomic E-state index is -0.484. The van der Waals surface area contributed by atoms with Gasteiger partial charge in [-0.15, -0.1) is 0 Å². The van der Waals surface area contributed by atoms with Crippen molar-refractivity contribution in [2.24, 2.45) is 7.05 Å². The largest absolute Gasteiger partial charge is 0.340 e. The first-order valence-corrected chi connectivity index (χ1v) is 9.31. The number of nitrogens with zero attached hydrogens (tertiary/aromatic N) is 5. The van der Waals surface area contributed by atoms with Crippen LogP contribution in [0.3, 0.4) is 0 Å². The quantitative estimate of drug-likeness (QED) is 0.696. The summed E-state index contributed by atoms with van der Waals surface area (Å²) < 4.78 is 15.6. The summed E-state index contributed by atoms with van der Waals surface area (Å²) in [6.07, 6.45) is 2.64. The van der Waals surface area contributed by atoms with Crippen LogP contribution < -0.4 is 10.5 Å². The smallest absolute Gasteiger partial charge is 0.255 e. The molecule has 3 heterocycles. The summed E-state index contributed by atoms with van der Waals surface area (Å²) in [5.41, 5.74) is 1.71. The minimum Gasteiger partial charge on any atom is -0.340 e. The van der Waals surface area contributed by atoms with Gasteiger partial charge in [-0.05, 0) is 11.6 Å². The number of rotatable bonds is 4. The summed E-state index contributed by atoms with van der Waals surface area (Å²) in [7, 11) is 1.70. The van der Waals surface area contributed by atoms with E-state index in [2.05, 4.69) is 44.0 Å². The van der Waals surface area contributed by atoms with E-state index in [9.17, 15) is 9.18 Å². The molecule has 7 heteroatoms. The topological polar surface area (TPSA) is 54.3 Å². The van der Waals surface area contributed by atoms with E-state index in [0.717, 1.165) is 38.9 Å². The molecule has 3 aromatic rings. The lowest BCUT2D eigenvalue weighted by Gasteiger charge is -2.36. The fourth-order valence-electron chi connectivity index (χ4n) is 3.48. The molecular formula is C21H22FN5O. The molecular weight excluding hydrogens is 357 g/mol. The summed E-state index contributed by atoms with van der Waals surface area (Å²) in [6, 6.07) is 13.3. The van der Waals surface area contributed by atoms with E-state index in [1.807, 2.05) is 6.07 Å². The van der Waals surface area contributed by atoms with E-state index < -0.39 is 5.82 Å². The molecule has 4 rings (SSSR count). The van der Waals surface area contributed by atoms with Crippen LogP contribution in [0.1, 0.15) is 5.56 Å². The van der Waals surface area contributed by atoms with Crippen molar-refractivity contribution in [2.75, 3.05) is 31.1 Å². The summed E-state index contributed by atoms with van der Waals surface area (Å²) in [6.45, 7) is 4.17. The molecule has 0 N–H and O–H groups in total. The standard InChI is InChI=1S/C21H22FN5O/c1-25-20(28)13-19(17-7-8-23-14-18(17)22)24-21(25)27-11-9-26(10-12-27)15-16-5-3-2-4-6-16/h2-8,13-14H,9-12,15H2,1H3. The van der Waals surface area contributed by atoms with E-state index in [1.165, 1.54) is 22.4 Å². The van der Waals surface area contributed by atoms with Crippen molar-refractivity contribution in [3.63, 3.8) is 0 Å². The van der Waals surface area contributed by atoms with Gasteiger partial charge >= 0.3 is 0 Å². The van der Waals surface area contributed by atoms with Crippen molar-refractivity contribution >= 4 is 5.95 Å². The number of anilines is 1. The Hall–Kier alpha value is -3.06. The van der Waals surface area contributed by atoms with Gasteiger partial charge in [0.1, 0.15) is 0 Å². The lowest BCUT2D eigenvalue weighted by atomic mass is 10.2. The van der Waals surface area contributed by atoms with Crippen LogP contribution in [0.15, 0.2) is 59.7 Å². The zero-order valence-electron chi connectivity index (χ0n) is 15.8. The molecule has 0 amide bonds. The molecule has 28 heavy (non-hydrogen) atoms. The van der Waals surface area contributed by atoms with Crippen LogP contribution in [0, 0.1) is 5.82 Å². The molecule has 1 saturated heterocycles. The minimum absolute atomic E-state index is 0.206. The van der Waals surface area contributed by atoms with E-state index in [4.69, 9.17) is 0 Å². The van der Waals surface area contributed by atoms with Crippen LogP contribution >= 0.6 is 0 Å². The predicted molar refractivity (Wildman–Crippen MR) is 107 cm³/mol. The third kappa shape index (κ3) is 3.80. The van der Waals surface area contributed by atoms with Crippen LogP contribution in [-0.4, -0.2) is 45.6 Å². The highest BCUT2D eigenvalue weighted by molar-refractivity contribution is 5.60. The van der Waals surface area contributed by atoms with E-state index >= 15 is 0 Å². The molecule has 0 bridgehead atoms. The summed E-state index contributed by atoms with van der Waals surface area (Å²) in [4.78, 5) is 25.3. The molecule has 2 aromatic heterocycles. The average molecular weight is 379 g/mol. The first-order chi connectivity index (χ1) is 13.6. The molecule has 0 radical (unpaired) electrons. The third-order valence-corrected chi connectivity index (χ3v) is 5.06. The number of hydrogen-bond donors (Lipinski definition) is 0. The Kier molecular flexibility index (Phi) is 5.16. The third-order valence-electron chi connectivity index (χ3n) is 5.06. The Bertz CT molecular complexity index is 1010. The zero-order chi connectivity index (χ0) is 19.5. The maximum absolute atomic E-state index is 14.1. The second-order valence-corrected chi connectivity index (χ2v) is 6.94. The van der Waals surface area contributed by atoms with Gasteiger partial charge in [-0.1, -0.05) is 30.3 Å². The van der Waals surface area contributed by atoms with Gasteiger partial charge in [0.25, 0.3) is 5.56 Å². The summed E-state index contributed by atoms with van der Waals surface area (Å²) in [5, 5.41) is 0. The zero-order valence-corrected chi connectivity index (χ0v) is 15.8. The van der Waals surface area contributed by atoms with Crippen molar-refractivity contribution in [1.82, 2.24) is 19.4 Å². The number of aromatic nitrogens is 3. The van der Waals surface area contributed by atoms with Gasteiger partial charge in [-0.25, -0.2) is 9.37 Å². The molecule has 6 nitrogen and oxygen atoms in total. The molecule has 144 valence electrons. The maximum atomic E-state index is 14.1. The lowest BCUT2D eigenvalue weighted by molar-refractivity contribution is 0.248. The number of piperazine rings is 1. The number of halogens is 1. The van der Waals surface area contributed by atoms with Crippen molar-refractivity contribution in [3.05, 3.63) is 76.6 Å². The number of pyridine rings is 1. The van der Waals surface area contributed by atoms with Crippen LogP contribution in [0.25, 0.3) is 11.3 Å². The molecule has 0 saturated carbocycles. The fourth-order valence-corrected chi connectivity index (χ4v) is 3.48. The predicted octanol–water partition coefficient (Wildman–Crippen LogP) is 2.30. The second-order valence-electron chi connectivity index (χ2n) is 6.94. The Balaban J connectivity index is 1.53. The van der Waals surface area contributed by atoms with Gasteiger partial charge in [-0.3, -0.25) is 19.2 Å². The maximum Gasteiger partial charge on any atom is 0.255 e. The molecule has 1 fully saturated rings. The van der Waals surface area contributed by atoms with Crippen LogP contribution in [-0.2, 0) is 13.6 Å². The summed E-state index contributed by atoms with van der Waals surface area (Å²) >= 11 is 0. The van der Waals surface area contributed by atoms with Gasteiger partial charge in [0.2, 0.25) is 5.95 Å². The summed E-state index contributed by atoms with van der Waals surface area (Å²) in [5.74, 6) is 0.0833. The Morgan fingerprint density at radius 2 is 1.82 bits per heavy atom. The van der Waals surface area contributed by atoms with Gasteiger partial charge in [0, 0.05) is 57.6 Å². The van der Waals surface area contributed by atoms with Crippen LogP contribution in [0.4, 0.5) is 10.3 Å². The lowest BCUT2D eigenvalue weighted by Crippen LogP contribution is -2.47. The number of benzene rings is 1.